The Bertz CT molecular complexity index is 1500. The summed E-state index contributed by atoms with van der Waals surface area (Å²) in [6.45, 7) is 5.26. The Morgan fingerprint density at radius 3 is 2.55 bits per heavy atom. The summed E-state index contributed by atoms with van der Waals surface area (Å²) in [4.78, 5) is 32.0. The Kier molecular flexibility index (Phi) is 8.64. The SMILES string of the molecule is COc1cc(N(C)CCN(C)C)c(N)cc1Nc1ncc(C(=O)OC(C)C)c(-c2cn(OC)c3ccccc23)n1. The number of nitrogens with two attached hydrogens (primary N) is 1. The Morgan fingerprint density at radius 1 is 1.12 bits per heavy atom. The van der Waals surface area contributed by atoms with E-state index < -0.39 is 5.97 Å². The van der Waals surface area contributed by atoms with E-state index in [0.717, 1.165) is 29.7 Å². The number of esters is 1. The normalized spacial score (nSPS) is 11.2. The molecule has 0 bridgehead atoms. The van der Waals surface area contributed by atoms with Crippen LogP contribution >= 0.6 is 0 Å². The number of nitrogen functional groups attached to an aromatic ring is 1. The first-order chi connectivity index (χ1) is 19.1. The molecule has 0 fully saturated rings. The highest BCUT2D eigenvalue weighted by Gasteiger charge is 2.23. The maximum absolute atomic E-state index is 13.1. The van der Waals surface area contributed by atoms with Crippen LogP contribution in [-0.4, -0.2) is 80.1 Å². The van der Waals surface area contributed by atoms with E-state index in [2.05, 4.69) is 20.1 Å². The maximum atomic E-state index is 13.1. The highest BCUT2D eigenvalue weighted by molar-refractivity contribution is 6.03. The van der Waals surface area contributed by atoms with Gasteiger partial charge in [-0.3, -0.25) is 0 Å². The first-order valence-electron chi connectivity index (χ1n) is 13.0. The number of hydrogen-bond acceptors (Lipinski definition) is 10. The molecular weight excluding hydrogens is 510 g/mol. The molecule has 40 heavy (non-hydrogen) atoms. The van der Waals surface area contributed by atoms with Gasteiger partial charge in [-0.05, 0) is 40.1 Å². The minimum atomic E-state index is -0.516. The number of rotatable bonds is 11. The van der Waals surface area contributed by atoms with Crippen molar-refractivity contribution >= 4 is 39.9 Å². The van der Waals surface area contributed by atoms with E-state index in [1.807, 2.05) is 51.5 Å². The van der Waals surface area contributed by atoms with Crippen LogP contribution in [0.5, 0.6) is 5.75 Å². The highest BCUT2D eigenvalue weighted by Crippen LogP contribution is 2.37. The number of hydrogen-bond donors (Lipinski definition) is 2. The number of fused-ring (bicyclic) bond motifs is 1. The monoisotopic (exact) mass is 547 g/mol. The summed E-state index contributed by atoms with van der Waals surface area (Å²) in [5, 5.41) is 4.08. The van der Waals surface area contributed by atoms with Gasteiger partial charge in [-0.15, -0.1) is 0 Å². The number of anilines is 4. The summed E-state index contributed by atoms with van der Waals surface area (Å²) in [6, 6.07) is 11.4. The summed E-state index contributed by atoms with van der Waals surface area (Å²) >= 11 is 0. The number of carbonyl (C=O) groups excluding carboxylic acids is 1. The van der Waals surface area contributed by atoms with Crippen LogP contribution in [0.3, 0.4) is 0 Å². The van der Waals surface area contributed by atoms with Crippen molar-refractivity contribution in [3.63, 3.8) is 0 Å². The molecular formula is C29H37N7O4. The number of methoxy groups -OCH3 is 1. The van der Waals surface area contributed by atoms with Crippen molar-refractivity contribution < 1.29 is 19.1 Å². The number of nitrogens with one attached hydrogen (secondary N) is 1. The zero-order chi connectivity index (χ0) is 29.0. The second-order valence-corrected chi connectivity index (χ2v) is 9.94. The molecule has 2 aromatic carbocycles. The molecule has 4 rings (SSSR count). The van der Waals surface area contributed by atoms with Crippen LogP contribution in [0.15, 0.2) is 48.8 Å². The molecule has 2 heterocycles. The number of carbonyl (C=O) groups is 1. The molecule has 0 aliphatic rings. The van der Waals surface area contributed by atoms with Crippen LogP contribution in [0.1, 0.15) is 24.2 Å². The lowest BCUT2D eigenvalue weighted by Gasteiger charge is -2.24. The number of likely N-dealkylation sites (N-methyl/N-ethyl adjacent to an activating group) is 2. The summed E-state index contributed by atoms with van der Waals surface area (Å²) in [6.07, 6.45) is 2.95. The first-order valence-corrected chi connectivity index (χ1v) is 13.0. The largest absolute Gasteiger partial charge is 0.494 e. The van der Waals surface area contributed by atoms with E-state index in [1.54, 1.807) is 45.1 Å². The van der Waals surface area contributed by atoms with Crippen LogP contribution in [0.4, 0.5) is 23.0 Å². The predicted octanol–water partition coefficient (Wildman–Crippen LogP) is 4.05. The predicted molar refractivity (Wildman–Crippen MR) is 159 cm³/mol. The van der Waals surface area contributed by atoms with E-state index in [1.165, 1.54) is 6.20 Å². The van der Waals surface area contributed by atoms with E-state index in [9.17, 15) is 4.79 Å². The van der Waals surface area contributed by atoms with Gasteiger partial charge in [0.05, 0.1) is 47.7 Å². The quantitative estimate of drug-likeness (QED) is 0.210. The lowest BCUT2D eigenvalue weighted by atomic mass is 10.1. The van der Waals surface area contributed by atoms with Crippen LogP contribution in [0.25, 0.3) is 22.2 Å². The van der Waals surface area contributed by atoms with Gasteiger partial charge in [0.1, 0.15) is 18.4 Å². The number of ether oxygens (including phenoxy) is 2. The molecule has 0 radical (unpaired) electrons. The second kappa shape index (κ2) is 12.1. The summed E-state index contributed by atoms with van der Waals surface area (Å²) in [7, 11) is 9.22. The standard InChI is InChI=1S/C29H37N7O4/c1-18(2)40-28(37)20-16-31-29(33-27(20)21-17-36(39-7)24-11-9-8-10-19(21)24)32-23-14-22(30)25(15-26(23)38-6)35(5)13-12-34(3)4/h8-11,14-18H,12-13,30H2,1-7H3,(H,31,32,33). The summed E-state index contributed by atoms with van der Waals surface area (Å²) in [5.41, 5.74) is 10.6. The van der Waals surface area contributed by atoms with Gasteiger partial charge >= 0.3 is 5.97 Å². The van der Waals surface area contributed by atoms with Gasteiger partial charge in [-0.1, -0.05) is 18.2 Å². The third-order valence-electron chi connectivity index (χ3n) is 6.37. The van der Waals surface area contributed by atoms with Crippen molar-refractivity contribution in [1.82, 2.24) is 19.6 Å². The third-order valence-corrected chi connectivity index (χ3v) is 6.37. The lowest BCUT2D eigenvalue weighted by molar-refractivity contribution is 0.0378. The summed E-state index contributed by atoms with van der Waals surface area (Å²) in [5.74, 6) is 0.319. The zero-order valence-corrected chi connectivity index (χ0v) is 24.1. The Labute approximate surface area is 234 Å². The molecule has 0 spiro atoms. The topological polar surface area (TPSA) is 120 Å². The van der Waals surface area contributed by atoms with Gasteiger partial charge in [0.2, 0.25) is 5.95 Å². The van der Waals surface area contributed by atoms with Crippen molar-refractivity contribution in [2.75, 3.05) is 64.4 Å². The van der Waals surface area contributed by atoms with Crippen LogP contribution < -0.4 is 25.5 Å². The van der Waals surface area contributed by atoms with E-state index in [-0.39, 0.29) is 17.6 Å². The molecule has 0 aliphatic heterocycles. The van der Waals surface area contributed by atoms with Crippen LogP contribution in [0, 0.1) is 0 Å². The van der Waals surface area contributed by atoms with Crippen molar-refractivity contribution in [3.8, 4) is 17.0 Å². The minimum absolute atomic E-state index is 0.239. The van der Waals surface area contributed by atoms with Crippen LogP contribution in [-0.2, 0) is 4.74 Å². The van der Waals surface area contributed by atoms with Gasteiger partial charge in [0.25, 0.3) is 0 Å². The first kappa shape index (κ1) is 28.5. The molecule has 3 N–H and O–H groups in total. The van der Waals surface area contributed by atoms with Gasteiger partial charge in [0.15, 0.2) is 0 Å². The van der Waals surface area contributed by atoms with Crippen LogP contribution in [0.2, 0.25) is 0 Å². The Hall–Kier alpha value is -4.51. The Morgan fingerprint density at radius 2 is 1.88 bits per heavy atom. The average Bonchev–Trinajstić information content (AvgIpc) is 3.30. The summed E-state index contributed by atoms with van der Waals surface area (Å²) < 4.78 is 12.8. The van der Waals surface area contributed by atoms with Crippen molar-refractivity contribution in [2.45, 2.75) is 20.0 Å². The average molecular weight is 548 g/mol. The molecule has 212 valence electrons. The second-order valence-electron chi connectivity index (χ2n) is 9.94. The van der Waals surface area contributed by atoms with Crippen molar-refractivity contribution in [2.24, 2.45) is 0 Å². The lowest BCUT2D eigenvalue weighted by Crippen LogP contribution is -2.29. The Balaban J connectivity index is 1.77. The van der Waals surface area contributed by atoms with E-state index >= 15 is 0 Å². The van der Waals surface area contributed by atoms with E-state index in [0.29, 0.717) is 28.4 Å². The van der Waals surface area contributed by atoms with Gasteiger partial charge < -0.3 is 35.2 Å². The number of para-hydroxylation sites is 1. The fourth-order valence-electron chi connectivity index (χ4n) is 4.34. The van der Waals surface area contributed by atoms with Crippen molar-refractivity contribution in [3.05, 3.63) is 54.4 Å². The van der Waals surface area contributed by atoms with Crippen molar-refractivity contribution in [1.29, 1.82) is 0 Å². The minimum Gasteiger partial charge on any atom is -0.494 e. The highest BCUT2D eigenvalue weighted by atomic mass is 16.6. The maximum Gasteiger partial charge on any atom is 0.342 e. The molecule has 11 nitrogen and oxygen atoms in total. The number of nitrogens with zero attached hydrogens (tertiary/aromatic N) is 5. The molecule has 4 aromatic rings. The van der Waals surface area contributed by atoms with Gasteiger partial charge in [0, 0.05) is 43.4 Å². The van der Waals surface area contributed by atoms with E-state index in [4.69, 9.17) is 25.0 Å². The molecule has 0 aliphatic carbocycles. The van der Waals surface area contributed by atoms with Gasteiger partial charge in [-0.2, -0.15) is 4.73 Å². The third kappa shape index (κ3) is 6.04. The molecule has 0 amide bonds. The smallest absolute Gasteiger partial charge is 0.342 e. The number of aromatic nitrogens is 3. The molecule has 2 aromatic heterocycles. The molecule has 0 unspecified atom stereocenters. The fourth-order valence-corrected chi connectivity index (χ4v) is 4.34. The number of benzene rings is 2. The molecule has 0 saturated heterocycles. The van der Waals surface area contributed by atoms with Gasteiger partial charge in [-0.25, -0.2) is 14.8 Å². The zero-order valence-electron chi connectivity index (χ0n) is 24.1. The fraction of sp³-hybridized carbons (Fsp3) is 0.345. The molecule has 0 saturated carbocycles. The molecule has 11 heteroatoms. The molecule has 0 atom stereocenters.